The third-order valence-electron chi connectivity index (χ3n) is 6.58. The zero-order valence-electron chi connectivity index (χ0n) is 22.4. The van der Waals surface area contributed by atoms with Gasteiger partial charge in [0.15, 0.2) is 15.4 Å². The maximum Gasteiger partial charge on any atom is 0.251 e. The minimum atomic E-state index is -3.64. The van der Waals surface area contributed by atoms with E-state index in [2.05, 4.69) is 10.3 Å². The SMILES string of the molecule is COc1cccc(CCNC(=O)[C@@]2(CCS(=O)(=O)c3ccccc3)COC(c3ccc(OCCCO)cc3)=N2)c1. The quantitative estimate of drug-likeness (QED) is 0.287. The molecular weight excluding hydrogens is 532 g/mol. The molecule has 1 atom stereocenters. The van der Waals surface area contributed by atoms with E-state index < -0.39 is 21.3 Å². The van der Waals surface area contributed by atoms with Crippen molar-refractivity contribution < 1.29 is 32.5 Å². The number of carbonyl (C=O) groups excluding carboxylic acids is 1. The summed E-state index contributed by atoms with van der Waals surface area (Å²) in [7, 11) is -2.04. The zero-order valence-corrected chi connectivity index (χ0v) is 23.2. The molecule has 40 heavy (non-hydrogen) atoms. The fourth-order valence-electron chi connectivity index (χ4n) is 4.26. The highest BCUT2D eigenvalue weighted by molar-refractivity contribution is 7.91. The van der Waals surface area contributed by atoms with E-state index in [1.54, 1.807) is 61.7 Å². The van der Waals surface area contributed by atoms with Crippen molar-refractivity contribution in [1.29, 1.82) is 0 Å². The number of hydrogen-bond acceptors (Lipinski definition) is 8. The summed E-state index contributed by atoms with van der Waals surface area (Å²) in [5.41, 5.74) is 0.238. The summed E-state index contributed by atoms with van der Waals surface area (Å²) in [5.74, 6) is 0.971. The van der Waals surface area contributed by atoms with Gasteiger partial charge in [-0.2, -0.15) is 0 Å². The third kappa shape index (κ3) is 7.40. The molecule has 1 aliphatic rings. The summed E-state index contributed by atoms with van der Waals surface area (Å²) in [6, 6.07) is 22.8. The molecule has 0 fully saturated rings. The zero-order chi connectivity index (χ0) is 28.4. The number of rotatable bonds is 14. The Kier molecular flexibility index (Phi) is 9.79. The molecular formula is C30H34N2O7S. The molecule has 212 valence electrons. The summed E-state index contributed by atoms with van der Waals surface area (Å²) in [4.78, 5) is 18.4. The molecule has 1 aliphatic heterocycles. The number of aliphatic hydroxyl groups is 1. The third-order valence-corrected chi connectivity index (χ3v) is 8.31. The molecule has 2 N–H and O–H groups in total. The maximum atomic E-state index is 13.6. The van der Waals surface area contributed by atoms with Crippen molar-refractivity contribution >= 4 is 21.6 Å². The highest BCUT2D eigenvalue weighted by Gasteiger charge is 2.45. The minimum Gasteiger partial charge on any atom is -0.497 e. The molecule has 4 rings (SSSR count). The number of methoxy groups -OCH3 is 1. The second-order valence-electron chi connectivity index (χ2n) is 9.43. The van der Waals surface area contributed by atoms with E-state index in [0.717, 1.165) is 11.3 Å². The molecule has 0 aromatic heterocycles. The molecule has 0 saturated heterocycles. The molecule has 9 nitrogen and oxygen atoms in total. The predicted octanol–water partition coefficient (Wildman–Crippen LogP) is 3.19. The number of aliphatic imine (C=N–C) groups is 1. The van der Waals surface area contributed by atoms with Gasteiger partial charge in [-0.05, 0) is 66.9 Å². The maximum absolute atomic E-state index is 13.6. The number of nitrogens with zero attached hydrogens (tertiary/aromatic N) is 1. The van der Waals surface area contributed by atoms with E-state index in [9.17, 15) is 13.2 Å². The minimum absolute atomic E-state index is 0.0406. The van der Waals surface area contributed by atoms with Crippen molar-refractivity contribution in [3.63, 3.8) is 0 Å². The lowest BCUT2D eigenvalue weighted by Gasteiger charge is -2.23. The van der Waals surface area contributed by atoms with E-state index in [4.69, 9.17) is 19.3 Å². The van der Waals surface area contributed by atoms with Gasteiger partial charge in [0.05, 0.1) is 24.4 Å². The van der Waals surface area contributed by atoms with Crippen molar-refractivity contribution in [2.45, 2.75) is 29.7 Å². The van der Waals surface area contributed by atoms with Gasteiger partial charge in [0.25, 0.3) is 5.91 Å². The van der Waals surface area contributed by atoms with Crippen molar-refractivity contribution in [2.75, 3.05) is 39.2 Å². The average Bonchev–Trinajstić information content (AvgIpc) is 3.43. The van der Waals surface area contributed by atoms with Gasteiger partial charge in [0.2, 0.25) is 5.90 Å². The summed E-state index contributed by atoms with van der Waals surface area (Å²) >= 11 is 0. The van der Waals surface area contributed by atoms with Crippen molar-refractivity contribution in [3.8, 4) is 11.5 Å². The summed E-state index contributed by atoms with van der Waals surface area (Å²) in [6.07, 6.45) is 1.05. The van der Waals surface area contributed by atoms with Crippen molar-refractivity contribution in [3.05, 3.63) is 90.0 Å². The van der Waals surface area contributed by atoms with E-state index in [-0.39, 0.29) is 36.2 Å². The lowest BCUT2D eigenvalue weighted by Crippen LogP contribution is -2.48. The first-order valence-electron chi connectivity index (χ1n) is 13.1. The van der Waals surface area contributed by atoms with Gasteiger partial charge < -0.3 is 24.6 Å². The number of amides is 1. The van der Waals surface area contributed by atoms with Crippen molar-refractivity contribution in [1.82, 2.24) is 5.32 Å². The van der Waals surface area contributed by atoms with Crippen LogP contribution in [0.5, 0.6) is 11.5 Å². The Morgan fingerprint density at radius 3 is 2.55 bits per heavy atom. The topological polar surface area (TPSA) is 124 Å². The first kappa shape index (κ1) is 29.1. The normalized spacial score (nSPS) is 16.6. The van der Waals surface area contributed by atoms with E-state index in [1.165, 1.54) is 0 Å². The van der Waals surface area contributed by atoms with Crippen LogP contribution >= 0.6 is 0 Å². The number of aliphatic hydroxyl groups excluding tert-OH is 1. The molecule has 0 unspecified atom stereocenters. The number of benzene rings is 3. The van der Waals surface area contributed by atoms with Crippen LogP contribution in [0.15, 0.2) is 88.8 Å². The summed E-state index contributed by atoms with van der Waals surface area (Å²) in [6.45, 7) is 0.699. The number of sulfone groups is 1. The van der Waals surface area contributed by atoms with E-state index in [1.807, 2.05) is 24.3 Å². The molecule has 0 spiro atoms. The molecule has 0 radical (unpaired) electrons. The standard InChI is InChI=1S/C30H34N2O7S/c1-37-26-8-5-7-23(21-26)15-17-31-29(34)30(16-20-40(35,36)27-9-3-2-4-10-27)22-39-28(32-30)24-11-13-25(14-12-24)38-19-6-18-33/h2-5,7-14,21,33H,6,15-20,22H2,1H3,(H,31,34)/t30-/m1/s1. The molecule has 1 heterocycles. The molecule has 3 aromatic rings. The second-order valence-corrected chi connectivity index (χ2v) is 11.5. The van der Waals surface area contributed by atoms with Crippen LogP contribution in [0, 0.1) is 0 Å². The molecule has 0 saturated carbocycles. The van der Waals surface area contributed by atoms with Gasteiger partial charge in [-0.3, -0.25) is 4.79 Å². The second kappa shape index (κ2) is 13.5. The Morgan fingerprint density at radius 1 is 1.05 bits per heavy atom. The highest BCUT2D eigenvalue weighted by atomic mass is 32.2. The van der Waals surface area contributed by atoms with Gasteiger partial charge >= 0.3 is 0 Å². The smallest absolute Gasteiger partial charge is 0.251 e. The molecule has 3 aromatic carbocycles. The lowest BCUT2D eigenvalue weighted by molar-refractivity contribution is -0.126. The Bertz CT molecular complexity index is 1410. The first-order valence-corrected chi connectivity index (χ1v) is 14.8. The Hall–Kier alpha value is -3.89. The number of ether oxygens (including phenoxy) is 3. The van der Waals surface area contributed by atoms with Crippen LogP contribution in [0.25, 0.3) is 0 Å². The van der Waals surface area contributed by atoms with Crippen LogP contribution in [-0.2, 0) is 25.8 Å². The van der Waals surface area contributed by atoms with Crippen LogP contribution in [-0.4, -0.2) is 70.1 Å². The van der Waals surface area contributed by atoms with Crippen LogP contribution < -0.4 is 14.8 Å². The monoisotopic (exact) mass is 566 g/mol. The van der Waals surface area contributed by atoms with Crippen LogP contribution in [0.1, 0.15) is 24.0 Å². The first-order chi connectivity index (χ1) is 19.3. The Balaban J connectivity index is 1.51. The summed E-state index contributed by atoms with van der Waals surface area (Å²) in [5, 5.41) is 11.9. The number of nitrogens with one attached hydrogen (secondary N) is 1. The fourth-order valence-corrected chi connectivity index (χ4v) is 5.68. The van der Waals surface area contributed by atoms with Crippen molar-refractivity contribution in [2.24, 2.45) is 4.99 Å². The lowest BCUT2D eigenvalue weighted by atomic mass is 9.97. The van der Waals surface area contributed by atoms with Gasteiger partial charge in [0, 0.05) is 25.1 Å². The van der Waals surface area contributed by atoms with Crippen LogP contribution in [0.3, 0.4) is 0 Å². The van der Waals surface area contributed by atoms with Gasteiger partial charge in [-0.1, -0.05) is 30.3 Å². The average molecular weight is 567 g/mol. The Labute approximate surface area is 234 Å². The van der Waals surface area contributed by atoms with E-state index in [0.29, 0.717) is 37.3 Å². The van der Waals surface area contributed by atoms with E-state index >= 15 is 0 Å². The van der Waals surface area contributed by atoms with Crippen LogP contribution in [0.2, 0.25) is 0 Å². The largest absolute Gasteiger partial charge is 0.497 e. The van der Waals surface area contributed by atoms with Gasteiger partial charge in [0.1, 0.15) is 18.1 Å². The molecule has 1 amide bonds. The predicted molar refractivity (Wildman–Crippen MR) is 152 cm³/mol. The highest BCUT2D eigenvalue weighted by Crippen LogP contribution is 2.29. The summed E-state index contributed by atoms with van der Waals surface area (Å²) < 4.78 is 42.8. The number of hydrogen-bond donors (Lipinski definition) is 2. The van der Waals surface area contributed by atoms with Crippen LogP contribution in [0.4, 0.5) is 0 Å². The van der Waals surface area contributed by atoms with Gasteiger partial charge in [-0.25, -0.2) is 13.4 Å². The molecule has 10 heteroatoms. The molecule has 0 bridgehead atoms. The Morgan fingerprint density at radius 2 is 1.82 bits per heavy atom. The molecule has 0 aliphatic carbocycles. The van der Waals surface area contributed by atoms with Gasteiger partial charge in [-0.15, -0.1) is 0 Å². The number of carbonyl (C=O) groups is 1. The fraction of sp³-hybridized carbons (Fsp3) is 0.333.